The fraction of sp³-hybridized carbons (Fsp3) is 0.267. The smallest absolute Gasteiger partial charge is 0.181 e. The highest BCUT2D eigenvalue weighted by molar-refractivity contribution is 6.05. The van der Waals surface area contributed by atoms with E-state index in [1.807, 2.05) is 0 Å². The number of hydrogen-bond donors (Lipinski definition) is 3. The van der Waals surface area contributed by atoms with Gasteiger partial charge in [-0.15, -0.1) is 0 Å². The van der Waals surface area contributed by atoms with Crippen LogP contribution >= 0.6 is 0 Å². The Labute approximate surface area is 115 Å². The van der Waals surface area contributed by atoms with Crippen LogP contribution in [0.5, 0.6) is 17.2 Å². The number of hydrogen-bond acceptors (Lipinski definition) is 5. The number of ketones is 1. The van der Waals surface area contributed by atoms with Gasteiger partial charge in [-0.2, -0.15) is 0 Å². The molecule has 2 aliphatic rings. The Balaban J connectivity index is 1.96. The number of aliphatic hydroxyl groups excluding tert-OH is 1. The predicted octanol–water partition coefficient (Wildman–Crippen LogP) is 1.54. The maximum Gasteiger partial charge on any atom is 0.181 e. The molecular formula is C15H14O5. The molecule has 0 amide bonds. The third-order valence-corrected chi connectivity index (χ3v) is 3.54. The van der Waals surface area contributed by atoms with Crippen LogP contribution in [0.25, 0.3) is 0 Å². The van der Waals surface area contributed by atoms with Gasteiger partial charge in [-0.1, -0.05) is 18.2 Å². The fourth-order valence-electron chi connectivity index (χ4n) is 2.50. The van der Waals surface area contributed by atoms with Crippen LogP contribution < -0.4 is 4.74 Å². The van der Waals surface area contributed by atoms with E-state index in [0.29, 0.717) is 6.42 Å². The standard InChI is InChI=1S/C15H14O5/c16-9-3-1-8(2-4-9)11-7-20-13-6-10(17)5-12(18)14(13)15(11)19/h1-3,5-6,9,11,16-18H,4,7H2. The summed E-state index contributed by atoms with van der Waals surface area (Å²) < 4.78 is 5.47. The Morgan fingerprint density at radius 2 is 2.05 bits per heavy atom. The average molecular weight is 274 g/mol. The summed E-state index contributed by atoms with van der Waals surface area (Å²) in [5, 5.41) is 28.6. The van der Waals surface area contributed by atoms with E-state index in [4.69, 9.17) is 4.74 Å². The van der Waals surface area contributed by atoms with E-state index in [0.717, 1.165) is 11.6 Å². The van der Waals surface area contributed by atoms with Crippen molar-refractivity contribution < 1.29 is 24.9 Å². The molecule has 2 atom stereocenters. The number of allylic oxidation sites excluding steroid dienone is 1. The zero-order valence-corrected chi connectivity index (χ0v) is 10.6. The Morgan fingerprint density at radius 1 is 1.25 bits per heavy atom. The molecule has 0 saturated heterocycles. The Bertz CT molecular complexity index is 629. The number of carbonyl (C=O) groups is 1. The van der Waals surface area contributed by atoms with E-state index in [1.54, 1.807) is 18.2 Å². The Kier molecular flexibility index (Phi) is 2.99. The molecule has 0 aromatic heterocycles. The number of ether oxygens (including phenoxy) is 1. The van der Waals surface area contributed by atoms with Crippen molar-refractivity contribution in [3.8, 4) is 17.2 Å². The number of benzene rings is 1. The first-order valence-electron chi connectivity index (χ1n) is 6.35. The third kappa shape index (κ3) is 2.06. The molecule has 20 heavy (non-hydrogen) atoms. The molecule has 2 unspecified atom stereocenters. The van der Waals surface area contributed by atoms with Gasteiger partial charge >= 0.3 is 0 Å². The van der Waals surface area contributed by atoms with Crippen LogP contribution in [0.3, 0.4) is 0 Å². The number of carbonyl (C=O) groups excluding carboxylic acids is 1. The van der Waals surface area contributed by atoms with Gasteiger partial charge < -0.3 is 20.1 Å². The van der Waals surface area contributed by atoms with Crippen LogP contribution in [0.4, 0.5) is 0 Å². The summed E-state index contributed by atoms with van der Waals surface area (Å²) in [6.45, 7) is 0.154. The molecule has 0 saturated carbocycles. The maximum absolute atomic E-state index is 12.5. The highest BCUT2D eigenvalue weighted by Crippen LogP contribution is 2.39. The maximum atomic E-state index is 12.5. The van der Waals surface area contributed by atoms with Crippen LogP contribution in [0.15, 0.2) is 35.9 Å². The van der Waals surface area contributed by atoms with Crippen molar-refractivity contribution in [1.29, 1.82) is 0 Å². The first kappa shape index (κ1) is 12.7. The van der Waals surface area contributed by atoms with Crippen LogP contribution in [-0.4, -0.2) is 33.8 Å². The quantitative estimate of drug-likeness (QED) is 0.723. The van der Waals surface area contributed by atoms with Crippen molar-refractivity contribution in [2.75, 3.05) is 6.61 Å². The van der Waals surface area contributed by atoms with Crippen LogP contribution in [0.1, 0.15) is 16.8 Å². The van der Waals surface area contributed by atoms with Crippen LogP contribution in [-0.2, 0) is 0 Å². The molecule has 5 heteroatoms. The van der Waals surface area contributed by atoms with Gasteiger partial charge in [0.05, 0.1) is 12.0 Å². The summed E-state index contributed by atoms with van der Waals surface area (Å²) >= 11 is 0. The second kappa shape index (κ2) is 4.68. The normalized spacial score (nSPS) is 24.9. The molecule has 1 aromatic rings. The van der Waals surface area contributed by atoms with E-state index in [2.05, 4.69) is 0 Å². The summed E-state index contributed by atoms with van der Waals surface area (Å²) in [6.07, 6.45) is 5.09. The molecule has 0 radical (unpaired) electrons. The average Bonchev–Trinajstić information content (AvgIpc) is 2.39. The minimum absolute atomic E-state index is 0.0967. The summed E-state index contributed by atoms with van der Waals surface area (Å²) in [5.41, 5.74) is 0.873. The number of rotatable bonds is 1. The molecular weight excluding hydrogens is 260 g/mol. The van der Waals surface area contributed by atoms with Crippen molar-refractivity contribution >= 4 is 5.78 Å². The monoisotopic (exact) mass is 274 g/mol. The number of phenolic OH excluding ortho intramolecular Hbond substituents is 2. The number of fused-ring (bicyclic) bond motifs is 1. The molecule has 1 aliphatic heterocycles. The van der Waals surface area contributed by atoms with E-state index < -0.39 is 12.0 Å². The van der Waals surface area contributed by atoms with Gasteiger partial charge in [0.25, 0.3) is 0 Å². The molecule has 104 valence electrons. The van der Waals surface area contributed by atoms with Crippen molar-refractivity contribution in [3.05, 3.63) is 41.5 Å². The lowest BCUT2D eigenvalue weighted by molar-refractivity contribution is 0.0861. The van der Waals surface area contributed by atoms with Crippen LogP contribution in [0, 0.1) is 5.92 Å². The fourth-order valence-corrected chi connectivity index (χ4v) is 2.50. The topological polar surface area (TPSA) is 87.0 Å². The van der Waals surface area contributed by atoms with Crippen molar-refractivity contribution in [1.82, 2.24) is 0 Å². The molecule has 5 nitrogen and oxygen atoms in total. The SMILES string of the molecule is O=C1c2c(O)cc(O)cc2OCC1C1=CCC(O)C=C1. The van der Waals surface area contributed by atoms with Gasteiger partial charge in [0.1, 0.15) is 29.4 Å². The van der Waals surface area contributed by atoms with Crippen LogP contribution in [0.2, 0.25) is 0 Å². The van der Waals surface area contributed by atoms with Gasteiger partial charge in [0.15, 0.2) is 5.78 Å². The zero-order chi connectivity index (χ0) is 14.3. The molecule has 0 spiro atoms. The zero-order valence-electron chi connectivity index (χ0n) is 10.6. The van der Waals surface area contributed by atoms with Gasteiger partial charge in [-0.3, -0.25) is 4.79 Å². The van der Waals surface area contributed by atoms with Gasteiger partial charge in [0.2, 0.25) is 0 Å². The van der Waals surface area contributed by atoms with Gasteiger partial charge in [0, 0.05) is 12.1 Å². The molecule has 1 heterocycles. The molecule has 0 fully saturated rings. The molecule has 1 aliphatic carbocycles. The highest BCUT2D eigenvalue weighted by atomic mass is 16.5. The summed E-state index contributed by atoms with van der Waals surface area (Å²) in [5.74, 6) is -0.968. The number of aromatic hydroxyl groups is 2. The summed E-state index contributed by atoms with van der Waals surface area (Å²) in [7, 11) is 0. The molecule has 0 bridgehead atoms. The van der Waals surface area contributed by atoms with Crippen molar-refractivity contribution in [2.24, 2.45) is 5.92 Å². The third-order valence-electron chi connectivity index (χ3n) is 3.54. The molecule has 3 rings (SSSR count). The predicted molar refractivity (Wildman–Crippen MR) is 70.9 cm³/mol. The van der Waals surface area contributed by atoms with Crippen molar-refractivity contribution in [2.45, 2.75) is 12.5 Å². The number of aliphatic hydroxyl groups is 1. The second-order valence-electron chi connectivity index (χ2n) is 4.93. The minimum Gasteiger partial charge on any atom is -0.508 e. The first-order valence-corrected chi connectivity index (χ1v) is 6.35. The van der Waals surface area contributed by atoms with Gasteiger partial charge in [-0.25, -0.2) is 0 Å². The minimum atomic E-state index is -0.518. The highest BCUT2D eigenvalue weighted by Gasteiger charge is 2.34. The Hall–Kier alpha value is -2.27. The summed E-state index contributed by atoms with van der Waals surface area (Å²) in [6, 6.07) is 2.44. The number of Topliss-reactive ketones (excluding diaryl/α,β-unsaturated/α-hetero) is 1. The number of phenols is 2. The van der Waals surface area contributed by atoms with Crippen molar-refractivity contribution in [3.63, 3.8) is 0 Å². The lowest BCUT2D eigenvalue weighted by Gasteiger charge is -2.27. The second-order valence-corrected chi connectivity index (χ2v) is 4.93. The lowest BCUT2D eigenvalue weighted by atomic mass is 9.85. The Morgan fingerprint density at radius 3 is 2.75 bits per heavy atom. The van der Waals surface area contributed by atoms with E-state index in [1.165, 1.54) is 6.07 Å². The van der Waals surface area contributed by atoms with E-state index in [-0.39, 0.29) is 35.2 Å². The van der Waals surface area contributed by atoms with E-state index in [9.17, 15) is 20.1 Å². The summed E-state index contributed by atoms with van der Waals surface area (Å²) in [4.78, 5) is 12.5. The largest absolute Gasteiger partial charge is 0.508 e. The lowest BCUT2D eigenvalue weighted by Crippen LogP contribution is -2.29. The van der Waals surface area contributed by atoms with E-state index >= 15 is 0 Å². The molecule has 1 aromatic carbocycles. The van der Waals surface area contributed by atoms with Gasteiger partial charge in [-0.05, 0) is 12.0 Å². The molecule has 3 N–H and O–H groups in total. The first-order chi connectivity index (χ1) is 9.56.